The highest BCUT2D eigenvalue weighted by atomic mass is 79.9. The number of hydrogen-bond acceptors (Lipinski definition) is 4. The predicted molar refractivity (Wildman–Crippen MR) is 73.8 cm³/mol. The van der Waals surface area contributed by atoms with E-state index < -0.39 is 0 Å². The Bertz CT molecular complexity index is 559. The van der Waals surface area contributed by atoms with Crippen molar-refractivity contribution in [1.29, 1.82) is 0 Å². The third-order valence-electron chi connectivity index (χ3n) is 2.41. The number of benzene rings is 1. The summed E-state index contributed by atoms with van der Waals surface area (Å²) < 4.78 is 18.7. The fourth-order valence-electron chi connectivity index (χ4n) is 1.54. The van der Waals surface area contributed by atoms with Gasteiger partial charge in [0.1, 0.15) is 10.8 Å². The molecule has 2 N–H and O–H groups in total. The van der Waals surface area contributed by atoms with E-state index in [0.29, 0.717) is 17.6 Å². The Hall–Kier alpha value is -0.820. The molecular formula is C12H12BrFN2OS. The van der Waals surface area contributed by atoms with E-state index >= 15 is 0 Å². The van der Waals surface area contributed by atoms with Crippen molar-refractivity contribution in [2.24, 2.45) is 5.73 Å². The highest BCUT2D eigenvalue weighted by molar-refractivity contribution is 9.10. The maximum absolute atomic E-state index is 13.2. The molecule has 0 unspecified atom stereocenters. The number of halogens is 2. The SMILES string of the molecule is COCc1nc(-c2ccc(F)c(Br)c2)sc1CN. The largest absolute Gasteiger partial charge is 0.378 e. The minimum absolute atomic E-state index is 0.286. The molecule has 2 aromatic rings. The fourth-order valence-corrected chi connectivity index (χ4v) is 2.86. The molecule has 0 saturated heterocycles. The zero-order valence-corrected chi connectivity index (χ0v) is 12.1. The van der Waals surface area contributed by atoms with Crippen molar-refractivity contribution >= 4 is 27.3 Å². The summed E-state index contributed by atoms with van der Waals surface area (Å²) in [4.78, 5) is 5.47. The molecule has 3 nitrogen and oxygen atoms in total. The van der Waals surface area contributed by atoms with Crippen LogP contribution in [0.1, 0.15) is 10.6 Å². The lowest BCUT2D eigenvalue weighted by molar-refractivity contribution is 0.181. The van der Waals surface area contributed by atoms with E-state index in [4.69, 9.17) is 10.5 Å². The Morgan fingerprint density at radius 2 is 2.28 bits per heavy atom. The summed E-state index contributed by atoms with van der Waals surface area (Å²) in [5.74, 6) is -0.286. The van der Waals surface area contributed by atoms with Crippen LogP contribution in [0.5, 0.6) is 0 Å². The standard InChI is InChI=1S/C12H12BrFN2OS/c1-17-6-10-11(5-15)18-12(16-10)7-2-3-9(14)8(13)4-7/h2-4H,5-6,15H2,1H3. The number of nitrogens with two attached hydrogens (primary N) is 1. The van der Waals surface area contributed by atoms with Crippen LogP contribution in [0.3, 0.4) is 0 Å². The highest BCUT2D eigenvalue weighted by Crippen LogP contribution is 2.30. The molecular weight excluding hydrogens is 319 g/mol. The van der Waals surface area contributed by atoms with Gasteiger partial charge in [0.25, 0.3) is 0 Å². The Morgan fingerprint density at radius 3 is 2.89 bits per heavy atom. The summed E-state index contributed by atoms with van der Waals surface area (Å²) in [6, 6.07) is 4.83. The minimum atomic E-state index is -0.286. The summed E-state index contributed by atoms with van der Waals surface area (Å²) in [5.41, 5.74) is 7.39. The average molecular weight is 331 g/mol. The summed E-state index contributed by atoms with van der Waals surface area (Å²) in [6.45, 7) is 0.865. The number of thiazole rings is 1. The van der Waals surface area contributed by atoms with Crippen LogP contribution in [-0.2, 0) is 17.9 Å². The molecule has 0 aliphatic rings. The molecule has 18 heavy (non-hydrogen) atoms. The van der Waals surface area contributed by atoms with Crippen molar-refractivity contribution in [3.63, 3.8) is 0 Å². The molecule has 0 fully saturated rings. The Labute approximate surface area is 117 Å². The first-order valence-corrected chi connectivity index (χ1v) is 6.89. The molecule has 0 aliphatic heterocycles. The molecule has 0 radical (unpaired) electrons. The molecule has 2 rings (SSSR count). The van der Waals surface area contributed by atoms with E-state index in [1.807, 2.05) is 0 Å². The van der Waals surface area contributed by atoms with Gasteiger partial charge in [-0.2, -0.15) is 0 Å². The highest BCUT2D eigenvalue weighted by Gasteiger charge is 2.12. The second kappa shape index (κ2) is 5.88. The summed E-state index contributed by atoms with van der Waals surface area (Å²) >= 11 is 4.68. The molecule has 0 spiro atoms. The van der Waals surface area contributed by atoms with E-state index in [-0.39, 0.29) is 5.82 Å². The van der Waals surface area contributed by atoms with Gasteiger partial charge in [0.15, 0.2) is 0 Å². The number of aromatic nitrogens is 1. The quantitative estimate of drug-likeness (QED) is 0.935. The van der Waals surface area contributed by atoms with Crippen LogP contribution in [0.25, 0.3) is 10.6 Å². The van der Waals surface area contributed by atoms with E-state index in [1.54, 1.807) is 19.2 Å². The molecule has 1 heterocycles. The number of rotatable bonds is 4. The van der Waals surface area contributed by atoms with Gasteiger partial charge in [0.2, 0.25) is 0 Å². The van der Waals surface area contributed by atoms with Gasteiger partial charge < -0.3 is 10.5 Å². The maximum Gasteiger partial charge on any atom is 0.137 e. The smallest absolute Gasteiger partial charge is 0.137 e. The van der Waals surface area contributed by atoms with Crippen LogP contribution in [-0.4, -0.2) is 12.1 Å². The second-order valence-electron chi connectivity index (χ2n) is 3.65. The van der Waals surface area contributed by atoms with Gasteiger partial charge in [-0.25, -0.2) is 9.37 Å². The van der Waals surface area contributed by atoms with Gasteiger partial charge >= 0.3 is 0 Å². The van der Waals surface area contributed by atoms with Crippen molar-refractivity contribution in [3.05, 3.63) is 39.1 Å². The van der Waals surface area contributed by atoms with Gasteiger partial charge in [-0.05, 0) is 34.1 Å². The van der Waals surface area contributed by atoms with E-state index in [2.05, 4.69) is 20.9 Å². The lowest BCUT2D eigenvalue weighted by Gasteiger charge is -1.98. The van der Waals surface area contributed by atoms with Gasteiger partial charge in [-0.15, -0.1) is 11.3 Å². The van der Waals surface area contributed by atoms with Gasteiger partial charge in [-0.1, -0.05) is 0 Å². The van der Waals surface area contributed by atoms with E-state index in [1.165, 1.54) is 17.4 Å². The van der Waals surface area contributed by atoms with Crippen LogP contribution >= 0.6 is 27.3 Å². The van der Waals surface area contributed by atoms with Gasteiger partial charge in [0, 0.05) is 24.1 Å². The van der Waals surface area contributed by atoms with Crippen LogP contribution in [0.15, 0.2) is 22.7 Å². The topological polar surface area (TPSA) is 48.1 Å². The first kappa shape index (κ1) is 13.6. The van der Waals surface area contributed by atoms with Crippen molar-refractivity contribution in [2.45, 2.75) is 13.2 Å². The third kappa shape index (κ3) is 2.77. The molecule has 96 valence electrons. The zero-order valence-electron chi connectivity index (χ0n) is 9.74. The number of nitrogens with zero attached hydrogens (tertiary/aromatic N) is 1. The predicted octanol–water partition coefficient (Wildman–Crippen LogP) is 3.32. The Balaban J connectivity index is 2.40. The Kier molecular flexibility index (Phi) is 4.45. The first-order chi connectivity index (χ1) is 8.65. The normalized spacial score (nSPS) is 10.9. The van der Waals surface area contributed by atoms with Crippen molar-refractivity contribution < 1.29 is 9.13 Å². The summed E-state index contributed by atoms with van der Waals surface area (Å²) in [6.07, 6.45) is 0. The van der Waals surface area contributed by atoms with Gasteiger partial charge in [0.05, 0.1) is 16.8 Å². The van der Waals surface area contributed by atoms with E-state index in [0.717, 1.165) is 21.1 Å². The Morgan fingerprint density at radius 1 is 1.50 bits per heavy atom. The second-order valence-corrected chi connectivity index (χ2v) is 5.59. The zero-order chi connectivity index (χ0) is 13.1. The lowest BCUT2D eigenvalue weighted by atomic mass is 10.2. The van der Waals surface area contributed by atoms with Crippen LogP contribution in [0.2, 0.25) is 0 Å². The number of hydrogen-bond donors (Lipinski definition) is 1. The summed E-state index contributed by atoms with van der Waals surface area (Å²) in [5, 5.41) is 0.822. The molecule has 0 amide bonds. The van der Waals surface area contributed by atoms with Crippen molar-refractivity contribution in [2.75, 3.05) is 7.11 Å². The molecule has 1 aromatic carbocycles. The van der Waals surface area contributed by atoms with Crippen LogP contribution in [0.4, 0.5) is 4.39 Å². The molecule has 6 heteroatoms. The van der Waals surface area contributed by atoms with Crippen molar-refractivity contribution in [1.82, 2.24) is 4.98 Å². The molecule has 0 saturated carbocycles. The van der Waals surface area contributed by atoms with Crippen LogP contribution < -0.4 is 5.73 Å². The lowest BCUT2D eigenvalue weighted by Crippen LogP contribution is -1.99. The number of ether oxygens (including phenoxy) is 1. The minimum Gasteiger partial charge on any atom is -0.378 e. The van der Waals surface area contributed by atoms with Gasteiger partial charge in [-0.3, -0.25) is 0 Å². The fraction of sp³-hybridized carbons (Fsp3) is 0.250. The van der Waals surface area contributed by atoms with Crippen molar-refractivity contribution in [3.8, 4) is 10.6 Å². The van der Waals surface area contributed by atoms with E-state index in [9.17, 15) is 4.39 Å². The first-order valence-electron chi connectivity index (χ1n) is 5.28. The molecule has 0 aliphatic carbocycles. The monoisotopic (exact) mass is 330 g/mol. The summed E-state index contributed by atoms with van der Waals surface area (Å²) in [7, 11) is 1.62. The molecule has 0 bridgehead atoms. The van der Waals surface area contributed by atoms with Crippen LogP contribution in [0, 0.1) is 5.82 Å². The average Bonchev–Trinajstić information content (AvgIpc) is 2.76. The number of methoxy groups -OCH3 is 1. The maximum atomic E-state index is 13.2. The third-order valence-corrected chi connectivity index (χ3v) is 4.19. The molecule has 0 atom stereocenters. The molecule has 1 aromatic heterocycles.